The molecule has 0 unspecified atom stereocenters. The Morgan fingerprint density at radius 2 is 1.66 bits per heavy atom. The van der Waals surface area contributed by atoms with Gasteiger partial charge in [-0.2, -0.15) is 0 Å². The molecular weight excluding hydrogens is 603 g/mol. The first-order valence-corrected chi connectivity index (χ1v) is 17.1. The number of aryl methyl sites for hydroxylation is 1. The van der Waals surface area contributed by atoms with Crippen LogP contribution >= 0.6 is 0 Å². The van der Waals surface area contributed by atoms with Crippen molar-refractivity contribution in [3.05, 3.63) is 46.5 Å². The third-order valence-corrected chi connectivity index (χ3v) is 10.3. The number of carbonyl (C=O) groups is 4. The average Bonchev–Trinajstić information content (AvgIpc) is 3.54. The van der Waals surface area contributed by atoms with Crippen LogP contribution in [0.4, 0.5) is 4.39 Å². The molecule has 2 fully saturated rings. The van der Waals surface area contributed by atoms with Gasteiger partial charge in [0.2, 0.25) is 11.8 Å². The lowest BCUT2D eigenvalue weighted by atomic mass is 9.77. The van der Waals surface area contributed by atoms with Gasteiger partial charge < -0.3 is 15.5 Å². The molecule has 2 aromatic rings. The molecule has 0 bridgehead atoms. The number of aromatic nitrogens is 2. The summed E-state index contributed by atoms with van der Waals surface area (Å²) in [4.78, 5) is 57.3. The molecule has 11 nitrogen and oxygen atoms in total. The number of benzene rings is 1. The van der Waals surface area contributed by atoms with Crippen LogP contribution in [0.3, 0.4) is 0 Å². The van der Waals surface area contributed by atoms with Crippen molar-refractivity contribution in [2.24, 2.45) is 11.8 Å². The predicted molar refractivity (Wildman–Crippen MR) is 175 cm³/mol. The lowest BCUT2D eigenvalue weighted by Crippen LogP contribution is -2.60. The topological polar surface area (TPSA) is 138 Å². The number of nitrogens with one attached hydrogen (secondary N) is 2. The van der Waals surface area contributed by atoms with Crippen LogP contribution in [0.25, 0.3) is 0 Å². The van der Waals surface area contributed by atoms with Gasteiger partial charge in [-0.15, -0.1) is 0 Å². The van der Waals surface area contributed by atoms with Gasteiger partial charge in [-0.1, -0.05) is 57.8 Å². The van der Waals surface area contributed by atoms with E-state index in [1.807, 2.05) is 14.0 Å². The quantitative estimate of drug-likeness (QED) is 0.350. The van der Waals surface area contributed by atoms with Crippen molar-refractivity contribution in [1.82, 2.24) is 30.7 Å². The Hall–Kier alpha value is -3.67. The van der Waals surface area contributed by atoms with E-state index in [0.29, 0.717) is 36.7 Å². The van der Waals surface area contributed by atoms with Crippen LogP contribution in [-0.4, -0.2) is 87.9 Å². The van der Waals surface area contributed by atoms with Gasteiger partial charge in [0.1, 0.15) is 17.6 Å². The van der Waals surface area contributed by atoms with E-state index < -0.39 is 29.7 Å². The van der Waals surface area contributed by atoms with Crippen molar-refractivity contribution in [2.45, 2.75) is 117 Å². The van der Waals surface area contributed by atoms with Crippen molar-refractivity contribution in [1.29, 1.82) is 0 Å². The van der Waals surface area contributed by atoms with Gasteiger partial charge in [0.05, 0.1) is 6.04 Å². The summed E-state index contributed by atoms with van der Waals surface area (Å²) >= 11 is 0. The monoisotopic (exact) mass is 654 g/mol. The second-order valence-electron chi connectivity index (χ2n) is 13.7. The van der Waals surface area contributed by atoms with E-state index in [0.717, 1.165) is 25.7 Å². The summed E-state index contributed by atoms with van der Waals surface area (Å²) in [6.45, 7) is 12.7. The fraction of sp³-hybridized carbons (Fsp3) is 0.657. The summed E-state index contributed by atoms with van der Waals surface area (Å²) in [5.74, 6) is -1.91. The maximum atomic E-state index is 15.7. The van der Waals surface area contributed by atoms with Crippen molar-refractivity contribution in [2.75, 3.05) is 20.1 Å². The summed E-state index contributed by atoms with van der Waals surface area (Å²) in [6.07, 6.45) is 3.89. The third-order valence-electron chi connectivity index (χ3n) is 10.3. The standard InChI is InChI=1S/C35H51FN6O5/c1-8-28-33(40-47-39-28)34(45)38-32(24-12-10-20(3)11-13-24)29(43)17-26-15-14-25(16-27(26)36)23(6)31(37-30(44)9-2)35(46)42-18-21(4)41(7)22(5)19-42/h14-16,20-24,31-32H,8-13,17-19H2,1-7H3,(H,37,44)(H,38,45)/t20?,21-,22+,23-,24?,31+,32-/m0/s1. The number of Topliss-reactive ketones (excluding diaryl/α,β-unsaturated/α-hetero) is 1. The number of carbonyl (C=O) groups excluding carboxylic acids is 4. The van der Waals surface area contributed by atoms with E-state index in [1.165, 1.54) is 6.07 Å². The smallest absolute Gasteiger partial charge is 0.276 e. The van der Waals surface area contributed by atoms with Gasteiger partial charge in [0.25, 0.3) is 5.91 Å². The molecule has 12 heteroatoms. The third kappa shape index (κ3) is 8.63. The molecule has 0 spiro atoms. The van der Waals surface area contributed by atoms with Crippen LogP contribution in [0.2, 0.25) is 0 Å². The lowest BCUT2D eigenvalue weighted by molar-refractivity contribution is -0.140. The molecule has 0 radical (unpaired) electrons. The number of piperazine rings is 1. The summed E-state index contributed by atoms with van der Waals surface area (Å²) < 4.78 is 20.5. The second kappa shape index (κ2) is 16.0. The van der Waals surface area contributed by atoms with Crippen molar-refractivity contribution in [3.63, 3.8) is 0 Å². The Bertz CT molecular complexity index is 1410. The predicted octanol–water partition coefficient (Wildman–Crippen LogP) is 4.06. The molecule has 1 aliphatic heterocycles. The number of hydrogen-bond donors (Lipinski definition) is 2. The molecule has 2 heterocycles. The maximum Gasteiger partial charge on any atom is 0.276 e. The molecule has 2 N–H and O–H groups in total. The molecule has 2 aliphatic rings. The summed E-state index contributed by atoms with van der Waals surface area (Å²) in [5.41, 5.74) is 1.21. The molecule has 1 saturated carbocycles. The zero-order chi connectivity index (χ0) is 34.4. The first-order chi connectivity index (χ1) is 22.3. The zero-order valence-corrected chi connectivity index (χ0v) is 28.8. The molecule has 1 aliphatic carbocycles. The van der Waals surface area contributed by atoms with Gasteiger partial charge in [-0.25, -0.2) is 9.02 Å². The lowest BCUT2D eigenvalue weighted by Gasteiger charge is -2.44. The van der Waals surface area contributed by atoms with Crippen LogP contribution in [0, 0.1) is 17.7 Å². The van der Waals surface area contributed by atoms with E-state index in [1.54, 1.807) is 30.9 Å². The Labute approximate surface area is 277 Å². The first kappa shape index (κ1) is 36.2. The number of hydrogen-bond acceptors (Lipinski definition) is 8. The number of halogens is 1. The van der Waals surface area contributed by atoms with Crippen LogP contribution in [-0.2, 0) is 27.2 Å². The molecule has 1 saturated heterocycles. The normalized spacial score (nSPS) is 23.9. The Morgan fingerprint density at radius 1 is 1.00 bits per heavy atom. The molecule has 4 rings (SSSR count). The molecule has 258 valence electrons. The van der Waals surface area contributed by atoms with Crippen LogP contribution in [0.15, 0.2) is 22.8 Å². The summed E-state index contributed by atoms with van der Waals surface area (Å²) in [6, 6.07) is 3.27. The number of rotatable bonds is 12. The minimum absolute atomic E-state index is 0.0544. The fourth-order valence-corrected chi connectivity index (χ4v) is 6.84. The van der Waals surface area contributed by atoms with Gasteiger partial charge in [0.15, 0.2) is 11.5 Å². The number of nitrogens with zero attached hydrogens (tertiary/aromatic N) is 4. The van der Waals surface area contributed by atoms with E-state index in [9.17, 15) is 19.2 Å². The highest BCUT2D eigenvalue weighted by molar-refractivity contribution is 5.97. The fourth-order valence-electron chi connectivity index (χ4n) is 6.84. The molecular formula is C35H51FN6O5. The number of likely N-dealkylation sites (N-methyl/N-ethyl adjacent to an activating group) is 1. The first-order valence-electron chi connectivity index (χ1n) is 17.1. The molecule has 3 amide bonds. The Kier molecular flexibility index (Phi) is 12.3. The molecule has 5 atom stereocenters. The highest BCUT2D eigenvalue weighted by Crippen LogP contribution is 2.32. The van der Waals surface area contributed by atoms with Crippen LogP contribution in [0.1, 0.15) is 107 Å². The average molecular weight is 655 g/mol. The zero-order valence-electron chi connectivity index (χ0n) is 28.8. The number of amides is 3. The SMILES string of the molecule is CCC(=O)N[C@@H](C(=O)N1C[C@@H](C)N(C)[C@@H](C)C1)[C@@H](C)c1ccc(CC(=O)[C@@H](NC(=O)c2nonc2CC)C2CCC(C)CC2)c(F)c1. The summed E-state index contributed by atoms with van der Waals surface area (Å²) in [7, 11) is 2.04. The largest absolute Gasteiger partial charge is 0.344 e. The highest BCUT2D eigenvalue weighted by atomic mass is 19.1. The molecule has 1 aromatic carbocycles. The van der Waals surface area contributed by atoms with E-state index in [4.69, 9.17) is 4.63 Å². The Balaban J connectivity index is 1.53. The van der Waals surface area contributed by atoms with Gasteiger partial charge >= 0.3 is 0 Å². The second-order valence-corrected chi connectivity index (χ2v) is 13.7. The van der Waals surface area contributed by atoms with Gasteiger partial charge in [-0.05, 0) is 74.3 Å². The maximum absolute atomic E-state index is 15.7. The minimum Gasteiger partial charge on any atom is -0.344 e. The molecule has 1 aromatic heterocycles. The highest BCUT2D eigenvalue weighted by Gasteiger charge is 2.37. The van der Waals surface area contributed by atoms with Gasteiger partial charge in [0, 0.05) is 43.9 Å². The minimum atomic E-state index is -0.871. The van der Waals surface area contributed by atoms with E-state index in [2.05, 4.69) is 46.6 Å². The molecule has 47 heavy (non-hydrogen) atoms. The Morgan fingerprint density at radius 3 is 2.26 bits per heavy atom. The van der Waals surface area contributed by atoms with Crippen molar-refractivity contribution < 1.29 is 28.2 Å². The van der Waals surface area contributed by atoms with Crippen LogP contribution < -0.4 is 10.6 Å². The van der Waals surface area contributed by atoms with Crippen molar-refractivity contribution >= 4 is 23.5 Å². The van der Waals surface area contributed by atoms with E-state index in [-0.39, 0.29) is 59.7 Å². The summed E-state index contributed by atoms with van der Waals surface area (Å²) in [5, 5.41) is 13.3. The van der Waals surface area contributed by atoms with Gasteiger partial charge in [-0.3, -0.25) is 24.1 Å². The van der Waals surface area contributed by atoms with Crippen molar-refractivity contribution in [3.8, 4) is 0 Å². The van der Waals surface area contributed by atoms with E-state index >= 15 is 4.39 Å². The van der Waals surface area contributed by atoms with Crippen LogP contribution in [0.5, 0.6) is 0 Å². The number of ketones is 1.